The number of hydrogen-bond acceptors (Lipinski definition) is 6. The molecule has 180 valence electrons. The Morgan fingerprint density at radius 2 is 1.88 bits per heavy atom. The van der Waals surface area contributed by atoms with Crippen molar-refractivity contribution in [2.45, 2.75) is 39.0 Å². The first-order valence-electron chi connectivity index (χ1n) is 10.8. The van der Waals surface area contributed by atoms with Crippen LogP contribution in [-0.4, -0.2) is 39.3 Å². The van der Waals surface area contributed by atoms with E-state index in [1.165, 1.54) is 12.1 Å². The normalized spacial score (nSPS) is 14.5. The molecule has 4 rings (SSSR count). The van der Waals surface area contributed by atoms with Crippen LogP contribution in [0, 0.1) is 5.92 Å². The summed E-state index contributed by atoms with van der Waals surface area (Å²) in [5.74, 6) is 1.02. The van der Waals surface area contributed by atoms with Crippen molar-refractivity contribution in [2.24, 2.45) is 5.92 Å². The Balaban J connectivity index is 1.46. The molecule has 0 aliphatic carbocycles. The van der Waals surface area contributed by atoms with Crippen LogP contribution in [0.2, 0.25) is 0 Å². The molecule has 3 aromatic rings. The van der Waals surface area contributed by atoms with Gasteiger partial charge in [0.1, 0.15) is 6.54 Å². The number of ether oxygens (including phenoxy) is 2. The number of aromatic nitrogens is 4. The van der Waals surface area contributed by atoms with Gasteiger partial charge in [0, 0.05) is 12.0 Å². The third kappa shape index (κ3) is 5.46. The highest BCUT2D eigenvalue weighted by atomic mass is 19.4. The highest BCUT2D eigenvalue weighted by Gasteiger charge is 2.31. The van der Waals surface area contributed by atoms with Crippen LogP contribution >= 0.6 is 0 Å². The number of rotatable bonds is 6. The van der Waals surface area contributed by atoms with Gasteiger partial charge in [-0.15, -0.1) is 10.2 Å². The molecule has 0 fully saturated rings. The Kier molecular flexibility index (Phi) is 6.71. The smallest absolute Gasteiger partial charge is 0.416 e. The summed E-state index contributed by atoms with van der Waals surface area (Å²) in [6, 6.07) is 9.91. The first-order chi connectivity index (χ1) is 16.2. The molecule has 0 spiro atoms. The van der Waals surface area contributed by atoms with Gasteiger partial charge in [0.2, 0.25) is 11.7 Å². The zero-order chi connectivity index (χ0) is 24.3. The number of fused-ring (bicyclic) bond motifs is 1. The molecular weight excluding hydrogens is 451 g/mol. The highest BCUT2D eigenvalue weighted by Crippen LogP contribution is 2.34. The van der Waals surface area contributed by atoms with E-state index in [1.807, 2.05) is 32.0 Å². The van der Waals surface area contributed by atoms with E-state index in [1.54, 1.807) is 0 Å². The fourth-order valence-electron chi connectivity index (χ4n) is 3.62. The minimum absolute atomic E-state index is 0.00205. The van der Waals surface area contributed by atoms with Crippen LogP contribution in [0.15, 0.2) is 42.5 Å². The van der Waals surface area contributed by atoms with Crippen molar-refractivity contribution in [1.29, 1.82) is 0 Å². The number of amides is 1. The molecule has 1 aliphatic rings. The second-order valence-corrected chi connectivity index (χ2v) is 8.27. The molecule has 1 atom stereocenters. The zero-order valence-electron chi connectivity index (χ0n) is 18.7. The SMILES string of the molecule is CC(C)C(NC(=O)Cn1nnc(-c2cccc(C(F)(F)F)c2)n1)c1ccc2c(c1)OCCCO2. The molecular formula is C23H24F3N5O3. The van der Waals surface area contributed by atoms with Crippen molar-refractivity contribution in [2.75, 3.05) is 13.2 Å². The molecule has 1 aromatic heterocycles. The Labute approximate surface area is 194 Å². The van der Waals surface area contributed by atoms with Gasteiger partial charge >= 0.3 is 6.18 Å². The lowest BCUT2D eigenvalue weighted by Crippen LogP contribution is -2.34. The fraction of sp³-hybridized carbons (Fsp3) is 0.391. The minimum atomic E-state index is -4.48. The summed E-state index contributed by atoms with van der Waals surface area (Å²) >= 11 is 0. The van der Waals surface area contributed by atoms with E-state index < -0.39 is 11.7 Å². The largest absolute Gasteiger partial charge is 0.490 e. The number of nitrogens with one attached hydrogen (secondary N) is 1. The maximum absolute atomic E-state index is 13.0. The second-order valence-electron chi connectivity index (χ2n) is 8.27. The van der Waals surface area contributed by atoms with Crippen LogP contribution in [0.5, 0.6) is 11.5 Å². The second kappa shape index (κ2) is 9.70. The molecule has 1 N–H and O–H groups in total. The Morgan fingerprint density at radius 3 is 2.62 bits per heavy atom. The zero-order valence-corrected chi connectivity index (χ0v) is 18.7. The summed E-state index contributed by atoms with van der Waals surface area (Å²) in [7, 11) is 0. The van der Waals surface area contributed by atoms with Crippen molar-refractivity contribution >= 4 is 5.91 Å². The number of benzene rings is 2. The lowest BCUT2D eigenvalue weighted by atomic mass is 9.95. The summed E-state index contributed by atoms with van der Waals surface area (Å²) < 4.78 is 50.3. The van der Waals surface area contributed by atoms with Gasteiger partial charge in [0.05, 0.1) is 24.8 Å². The van der Waals surface area contributed by atoms with E-state index in [9.17, 15) is 18.0 Å². The summed E-state index contributed by atoms with van der Waals surface area (Å²) in [6.07, 6.45) is -3.69. The molecule has 0 bridgehead atoms. The van der Waals surface area contributed by atoms with Crippen molar-refractivity contribution < 1.29 is 27.4 Å². The van der Waals surface area contributed by atoms with E-state index in [-0.39, 0.29) is 35.8 Å². The van der Waals surface area contributed by atoms with Crippen molar-refractivity contribution in [1.82, 2.24) is 25.5 Å². The molecule has 0 radical (unpaired) electrons. The number of halogens is 3. The summed E-state index contributed by atoms with van der Waals surface area (Å²) in [4.78, 5) is 13.8. The van der Waals surface area contributed by atoms with Crippen LogP contribution in [-0.2, 0) is 17.5 Å². The third-order valence-electron chi connectivity index (χ3n) is 5.30. The Morgan fingerprint density at radius 1 is 1.12 bits per heavy atom. The fourth-order valence-corrected chi connectivity index (χ4v) is 3.62. The lowest BCUT2D eigenvalue weighted by molar-refractivity contribution is -0.137. The number of hydrogen-bond donors (Lipinski definition) is 1. The predicted molar refractivity (Wildman–Crippen MR) is 116 cm³/mol. The van der Waals surface area contributed by atoms with Crippen LogP contribution in [0.25, 0.3) is 11.4 Å². The average Bonchev–Trinajstić information content (AvgIpc) is 3.12. The van der Waals surface area contributed by atoms with E-state index in [0.29, 0.717) is 24.7 Å². The molecule has 1 unspecified atom stereocenters. The van der Waals surface area contributed by atoms with Crippen molar-refractivity contribution in [3.8, 4) is 22.9 Å². The maximum Gasteiger partial charge on any atom is 0.416 e. The van der Waals surface area contributed by atoms with E-state index in [0.717, 1.165) is 28.9 Å². The minimum Gasteiger partial charge on any atom is -0.490 e. The number of carbonyl (C=O) groups is 1. The number of carbonyl (C=O) groups excluding carboxylic acids is 1. The van der Waals surface area contributed by atoms with Crippen LogP contribution in [0.3, 0.4) is 0 Å². The molecule has 1 aliphatic heterocycles. The van der Waals surface area contributed by atoms with Gasteiger partial charge < -0.3 is 14.8 Å². The topological polar surface area (TPSA) is 91.2 Å². The van der Waals surface area contributed by atoms with E-state index in [4.69, 9.17) is 9.47 Å². The highest BCUT2D eigenvalue weighted by molar-refractivity contribution is 5.76. The Bertz CT molecular complexity index is 1160. The maximum atomic E-state index is 13.0. The van der Waals surface area contributed by atoms with Crippen LogP contribution < -0.4 is 14.8 Å². The van der Waals surface area contributed by atoms with Gasteiger partial charge in [-0.3, -0.25) is 4.79 Å². The molecule has 0 saturated carbocycles. The molecule has 0 saturated heterocycles. The van der Waals surface area contributed by atoms with Gasteiger partial charge in [0.15, 0.2) is 11.5 Å². The van der Waals surface area contributed by atoms with Gasteiger partial charge in [-0.1, -0.05) is 32.0 Å². The van der Waals surface area contributed by atoms with E-state index in [2.05, 4.69) is 20.7 Å². The first-order valence-corrected chi connectivity index (χ1v) is 10.8. The number of nitrogens with zero attached hydrogens (tertiary/aromatic N) is 4. The van der Waals surface area contributed by atoms with Gasteiger partial charge in [-0.2, -0.15) is 18.0 Å². The Hall–Kier alpha value is -3.63. The third-order valence-corrected chi connectivity index (χ3v) is 5.30. The van der Waals surface area contributed by atoms with Gasteiger partial charge in [0.25, 0.3) is 0 Å². The van der Waals surface area contributed by atoms with Gasteiger partial charge in [-0.25, -0.2) is 0 Å². The molecule has 2 aromatic carbocycles. The standard InChI is InChI=1S/C23H24F3N5O3/c1-14(2)21(15-7-8-18-19(12-15)34-10-4-9-33-18)27-20(32)13-31-29-22(28-30-31)16-5-3-6-17(11-16)23(24,25)26/h3,5-8,11-12,14,21H,4,9-10,13H2,1-2H3,(H,27,32). The first kappa shape index (κ1) is 23.5. The summed E-state index contributed by atoms with van der Waals surface area (Å²) in [5.41, 5.74) is 0.214. The molecule has 1 amide bonds. The number of alkyl halides is 3. The van der Waals surface area contributed by atoms with Crippen molar-refractivity contribution in [3.63, 3.8) is 0 Å². The molecule has 8 nitrogen and oxygen atoms in total. The van der Waals surface area contributed by atoms with Crippen LogP contribution in [0.4, 0.5) is 13.2 Å². The molecule has 34 heavy (non-hydrogen) atoms. The monoisotopic (exact) mass is 475 g/mol. The summed E-state index contributed by atoms with van der Waals surface area (Å²) in [5, 5.41) is 14.6. The van der Waals surface area contributed by atoms with Crippen molar-refractivity contribution in [3.05, 3.63) is 53.6 Å². The molecule has 2 heterocycles. The van der Waals surface area contributed by atoms with Gasteiger partial charge in [-0.05, 0) is 41.0 Å². The summed E-state index contributed by atoms with van der Waals surface area (Å²) in [6.45, 7) is 4.87. The van der Waals surface area contributed by atoms with E-state index >= 15 is 0 Å². The quantitative estimate of drug-likeness (QED) is 0.579. The lowest BCUT2D eigenvalue weighted by Gasteiger charge is -2.23. The van der Waals surface area contributed by atoms with Crippen LogP contribution in [0.1, 0.15) is 37.4 Å². The molecule has 11 heteroatoms. The average molecular weight is 475 g/mol. The number of tetrazole rings is 1. The predicted octanol–water partition coefficient (Wildman–Crippen LogP) is 4.03.